The molecule has 1 N–H and O–H groups in total. The standard InChI is InChI=1S/C18H11ClF3N3O2/c19-13-10-12(25-17(26)14-3-1-2-7-23-14)4-5-15(13)27-16-9-11(6-8-24-16)18(20,21)22/h1-10H,(H,25,26). The molecule has 0 aliphatic carbocycles. The number of rotatable bonds is 4. The molecular weight excluding hydrogens is 383 g/mol. The summed E-state index contributed by atoms with van der Waals surface area (Å²) >= 11 is 6.10. The van der Waals surface area contributed by atoms with E-state index in [2.05, 4.69) is 15.3 Å². The Morgan fingerprint density at radius 2 is 1.85 bits per heavy atom. The normalized spacial score (nSPS) is 11.1. The minimum Gasteiger partial charge on any atom is -0.437 e. The van der Waals surface area contributed by atoms with E-state index in [4.69, 9.17) is 16.3 Å². The fourth-order valence-corrected chi connectivity index (χ4v) is 2.33. The first kappa shape index (κ1) is 18.7. The summed E-state index contributed by atoms with van der Waals surface area (Å²) in [6.07, 6.45) is -2.03. The van der Waals surface area contributed by atoms with Gasteiger partial charge in [-0.05, 0) is 36.4 Å². The third-order valence-electron chi connectivity index (χ3n) is 3.36. The number of halogens is 4. The molecule has 9 heteroatoms. The van der Waals surface area contributed by atoms with E-state index in [1.54, 1.807) is 18.2 Å². The molecule has 2 heterocycles. The molecule has 0 radical (unpaired) electrons. The Kier molecular flexibility index (Phi) is 5.27. The van der Waals surface area contributed by atoms with Gasteiger partial charge in [-0.1, -0.05) is 17.7 Å². The van der Waals surface area contributed by atoms with Crippen LogP contribution in [0.25, 0.3) is 0 Å². The third kappa shape index (κ3) is 4.73. The predicted octanol–water partition coefficient (Wildman–Crippen LogP) is 5.19. The number of alkyl halides is 3. The van der Waals surface area contributed by atoms with E-state index < -0.39 is 17.6 Å². The van der Waals surface area contributed by atoms with E-state index in [1.807, 2.05) is 0 Å². The molecule has 0 aliphatic rings. The molecule has 1 aromatic carbocycles. The molecule has 0 spiro atoms. The number of hydrogen-bond acceptors (Lipinski definition) is 4. The fourth-order valence-electron chi connectivity index (χ4n) is 2.11. The number of carbonyl (C=O) groups is 1. The lowest BCUT2D eigenvalue weighted by Crippen LogP contribution is -2.13. The van der Waals surface area contributed by atoms with Crippen LogP contribution < -0.4 is 10.1 Å². The summed E-state index contributed by atoms with van der Waals surface area (Å²) in [5, 5.41) is 2.70. The Balaban J connectivity index is 1.75. The van der Waals surface area contributed by atoms with Crippen molar-refractivity contribution in [2.24, 2.45) is 0 Å². The second kappa shape index (κ2) is 7.63. The summed E-state index contributed by atoms with van der Waals surface area (Å²) in [7, 11) is 0. The maximum Gasteiger partial charge on any atom is 0.416 e. The molecule has 3 aromatic rings. The molecule has 27 heavy (non-hydrogen) atoms. The lowest BCUT2D eigenvalue weighted by Gasteiger charge is -2.11. The zero-order chi connectivity index (χ0) is 19.4. The van der Waals surface area contributed by atoms with Crippen LogP contribution in [0.5, 0.6) is 11.6 Å². The zero-order valence-corrected chi connectivity index (χ0v) is 14.3. The van der Waals surface area contributed by atoms with Gasteiger partial charge < -0.3 is 10.1 Å². The summed E-state index contributed by atoms with van der Waals surface area (Å²) in [5.41, 5.74) is -0.287. The van der Waals surface area contributed by atoms with Crippen molar-refractivity contribution in [3.8, 4) is 11.6 Å². The highest BCUT2D eigenvalue weighted by Gasteiger charge is 2.31. The molecule has 0 saturated carbocycles. The van der Waals surface area contributed by atoms with Gasteiger partial charge in [0, 0.05) is 24.1 Å². The van der Waals surface area contributed by atoms with Crippen LogP contribution in [0.2, 0.25) is 5.02 Å². The van der Waals surface area contributed by atoms with Gasteiger partial charge >= 0.3 is 6.18 Å². The lowest BCUT2D eigenvalue weighted by molar-refractivity contribution is -0.137. The monoisotopic (exact) mass is 393 g/mol. The quantitative estimate of drug-likeness (QED) is 0.662. The number of nitrogens with zero attached hydrogens (tertiary/aromatic N) is 2. The number of anilines is 1. The van der Waals surface area contributed by atoms with E-state index >= 15 is 0 Å². The van der Waals surface area contributed by atoms with Gasteiger partial charge in [0.05, 0.1) is 10.6 Å². The van der Waals surface area contributed by atoms with Crippen LogP contribution in [0, 0.1) is 0 Å². The van der Waals surface area contributed by atoms with Crippen LogP contribution in [0.15, 0.2) is 60.9 Å². The van der Waals surface area contributed by atoms with Crippen molar-refractivity contribution in [2.45, 2.75) is 6.18 Å². The minimum absolute atomic E-state index is 0.0908. The van der Waals surface area contributed by atoms with Crippen molar-refractivity contribution in [3.63, 3.8) is 0 Å². The number of ether oxygens (including phenoxy) is 1. The Bertz CT molecular complexity index is 966. The van der Waals surface area contributed by atoms with Crippen LogP contribution in [-0.2, 0) is 6.18 Å². The number of nitrogens with one attached hydrogen (secondary N) is 1. The molecule has 0 fully saturated rings. The van der Waals surface area contributed by atoms with Gasteiger partial charge in [-0.3, -0.25) is 9.78 Å². The van der Waals surface area contributed by atoms with Gasteiger partial charge in [0.25, 0.3) is 5.91 Å². The first-order chi connectivity index (χ1) is 12.8. The van der Waals surface area contributed by atoms with Gasteiger partial charge in [0.1, 0.15) is 11.4 Å². The number of aromatic nitrogens is 2. The fraction of sp³-hybridized carbons (Fsp3) is 0.0556. The molecule has 0 saturated heterocycles. The van der Waals surface area contributed by atoms with Crippen LogP contribution in [0.1, 0.15) is 16.1 Å². The highest BCUT2D eigenvalue weighted by atomic mass is 35.5. The number of carbonyl (C=O) groups excluding carboxylic acids is 1. The van der Waals surface area contributed by atoms with Crippen molar-refractivity contribution in [1.82, 2.24) is 9.97 Å². The average molecular weight is 394 g/mol. The van der Waals surface area contributed by atoms with Crippen LogP contribution in [0.3, 0.4) is 0 Å². The number of benzene rings is 1. The second-order valence-electron chi connectivity index (χ2n) is 5.30. The topological polar surface area (TPSA) is 64.1 Å². The van der Waals surface area contributed by atoms with Gasteiger partial charge in [-0.15, -0.1) is 0 Å². The summed E-state index contributed by atoms with van der Waals surface area (Å²) in [5.74, 6) is -0.587. The summed E-state index contributed by atoms with van der Waals surface area (Å²) in [6, 6.07) is 10.8. The molecule has 0 atom stereocenters. The van der Waals surface area contributed by atoms with Crippen molar-refractivity contribution in [2.75, 3.05) is 5.32 Å². The molecule has 3 rings (SSSR count). The number of amides is 1. The molecule has 5 nitrogen and oxygen atoms in total. The molecule has 0 bridgehead atoms. The van der Waals surface area contributed by atoms with E-state index in [0.29, 0.717) is 5.69 Å². The van der Waals surface area contributed by atoms with Crippen molar-refractivity contribution < 1.29 is 22.7 Å². The second-order valence-corrected chi connectivity index (χ2v) is 5.70. The van der Waals surface area contributed by atoms with E-state index in [1.165, 1.54) is 24.4 Å². The van der Waals surface area contributed by atoms with Crippen LogP contribution in [-0.4, -0.2) is 15.9 Å². The molecule has 138 valence electrons. The Labute approximate surface area is 156 Å². The van der Waals surface area contributed by atoms with Crippen molar-refractivity contribution in [3.05, 3.63) is 77.2 Å². The van der Waals surface area contributed by atoms with Gasteiger partial charge in [-0.25, -0.2) is 4.98 Å². The summed E-state index contributed by atoms with van der Waals surface area (Å²) in [4.78, 5) is 19.7. The maximum absolute atomic E-state index is 12.7. The average Bonchev–Trinajstić information content (AvgIpc) is 2.64. The first-order valence-electron chi connectivity index (χ1n) is 7.56. The molecular formula is C18H11ClF3N3O2. The summed E-state index contributed by atoms with van der Waals surface area (Å²) < 4.78 is 43.6. The molecule has 0 aliphatic heterocycles. The van der Waals surface area contributed by atoms with Crippen LogP contribution >= 0.6 is 11.6 Å². The van der Waals surface area contributed by atoms with Gasteiger partial charge in [0.15, 0.2) is 0 Å². The van der Waals surface area contributed by atoms with E-state index in [0.717, 1.165) is 18.3 Å². The first-order valence-corrected chi connectivity index (χ1v) is 7.94. The highest BCUT2D eigenvalue weighted by Crippen LogP contribution is 2.34. The molecule has 0 unspecified atom stereocenters. The highest BCUT2D eigenvalue weighted by molar-refractivity contribution is 6.32. The lowest BCUT2D eigenvalue weighted by atomic mass is 10.2. The Morgan fingerprint density at radius 3 is 2.52 bits per heavy atom. The van der Waals surface area contributed by atoms with Crippen molar-refractivity contribution >= 4 is 23.2 Å². The number of hydrogen-bond donors (Lipinski definition) is 1. The SMILES string of the molecule is O=C(Nc1ccc(Oc2cc(C(F)(F)F)ccn2)c(Cl)c1)c1ccccn1. The van der Waals surface area contributed by atoms with Gasteiger partial charge in [0.2, 0.25) is 5.88 Å². The largest absolute Gasteiger partial charge is 0.437 e. The maximum atomic E-state index is 12.7. The van der Waals surface area contributed by atoms with E-state index in [9.17, 15) is 18.0 Å². The smallest absolute Gasteiger partial charge is 0.416 e. The number of pyridine rings is 2. The zero-order valence-electron chi connectivity index (χ0n) is 13.5. The van der Waals surface area contributed by atoms with Crippen molar-refractivity contribution in [1.29, 1.82) is 0 Å². The molecule has 1 amide bonds. The molecule has 2 aromatic heterocycles. The predicted molar refractivity (Wildman–Crippen MR) is 93.0 cm³/mol. The Hall–Kier alpha value is -3.13. The summed E-state index contributed by atoms with van der Waals surface area (Å²) in [6.45, 7) is 0. The van der Waals surface area contributed by atoms with E-state index in [-0.39, 0.29) is 22.3 Å². The van der Waals surface area contributed by atoms with Gasteiger partial charge in [-0.2, -0.15) is 13.2 Å². The third-order valence-corrected chi connectivity index (χ3v) is 3.66. The van der Waals surface area contributed by atoms with Crippen LogP contribution in [0.4, 0.5) is 18.9 Å². The minimum atomic E-state index is -4.51. The Morgan fingerprint density at radius 1 is 1.04 bits per heavy atom.